The quantitative estimate of drug-likeness (QED) is 0.521. The lowest BCUT2D eigenvalue weighted by Crippen LogP contribution is -2.31. The first-order chi connectivity index (χ1) is 12.7. The van der Waals surface area contributed by atoms with Gasteiger partial charge in [-0.05, 0) is 24.6 Å². The first-order valence-electron chi connectivity index (χ1n) is 8.38. The molecular formula is C19H17N7. The number of hydrogen-bond donors (Lipinski definition) is 3. The number of rotatable bonds is 2. The predicted molar refractivity (Wildman–Crippen MR) is 102 cm³/mol. The Labute approximate surface area is 149 Å². The van der Waals surface area contributed by atoms with Crippen LogP contribution >= 0.6 is 0 Å². The van der Waals surface area contributed by atoms with E-state index in [1.807, 2.05) is 28.8 Å². The lowest BCUT2D eigenvalue weighted by molar-refractivity contribution is 0.628. The third-order valence-corrected chi connectivity index (χ3v) is 4.63. The summed E-state index contributed by atoms with van der Waals surface area (Å²) in [6, 6.07) is 16.3. The van der Waals surface area contributed by atoms with Crippen LogP contribution in [0.1, 0.15) is 17.3 Å². The highest BCUT2D eigenvalue weighted by Gasteiger charge is 2.28. The van der Waals surface area contributed by atoms with E-state index in [0.29, 0.717) is 11.9 Å². The molecule has 1 unspecified atom stereocenters. The van der Waals surface area contributed by atoms with Gasteiger partial charge < -0.3 is 5.73 Å². The van der Waals surface area contributed by atoms with Crippen molar-refractivity contribution in [3.05, 3.63) is 65.9 Å². The molecule has 7 nitrogen and oxygen atoms in total. The van der Waals surface area contributed by atoms with Crippen LogP contribution in [0.25, 0.3) is 22.3 Å². The van der Waals surface area contributed by atoms with E-state index in [4.69, 9.17) is 5.73 Å². The molecule has 0 saturated carbocycles. The van der Waals surface area contributed by atoms with E-state index in [1.165, 1.54) is 5.56 Å². The number of hydrogen-bond acceptors (Lipinski definition) is 5. The van der Waals surface area contributed by atoms with Gasteiger partial charge in [0.2, 0.25) is 5.95 Å². The molecule has 0 amide bonds. The van der Waals surface area contributed by atoms with Crippen molar-refractivity contribution in [1.82, 2.24) is 19.7 Å². The van der Waals surface area contributed by atoms with Gasteiger partial charge in [-0.2, -0.15) is 5.10 Å². The number of nitrogens with one attached hydrogen (secondary N) is 2. The van der Waals surface area contributed by atoms with Crippen LogP contribution in [0.3, 0.4) is 0 Å². The zero-order valence-corrected chi connectivity index (χ0v) is 14.1. The normalized spacial score (nSPS) is 16.2. The van der Waals surface area contributed by atoms with Crippen LogP contribution in [0.15, 0.2) is 59.7 Å². The molecule has 2 aromatic heterocycles. The van der Waals surface area contributed by atoms with Gasteiger partial charge in [0, 0.05) is 5.56 Å². The molecule has 4 aromatic rings. The molecule has 0 saturated heterocycles. The monoisotopic (exact) mass is 343 g/mol. The van der Waals surface area contributed by atoms with Gasteiger partial charge in [0.1, 0.15) is 0 Å². The number of aromatic amines is 1. The largest absolute Gasteiger partial charge is 0.370 e. The molecule has 0 radical (unpaired) electrons. The van der Waals surface area contributed by atoms with Crippen LogP contribution in [0.4, 0.5) is 5.95 Å². The first-order valence-corrected chi connectivity index (χ1v) is 8.38. The van der Waals surface area contributed by atoms with Gasteiger partial charge in [0.25, 0.3) is 0 Å². The summed E-state index contributed by atoms with van der Waals surface area (Å²) >= 11 is 0. The summed E-state index contributed by atoms with van der Waals surface area (Å²) in [6.07, 6.45) is 1.47. The summed E-state index contributed by atoms with van der Waals surface area (Å²) in [5.41, 5.74) is 12.1. The molecule has 0 spiro atoms. The molecule has 2 aromatic carbocycles. The Morgan fingerprint density at radius 2 is 1.88 bits per heavy atom. The Morgan fingerprint density at radius 1 is 1.08 bits per heavy atom. The highest BCUT2D eigenvalue weighted by Crippen LogP contribution is 2.36. The number of H-pyrrole nitrogens is 1. The number of aryl methyl sites for hydroxylation is 1. The van der Waals surface area contributed by atoms with E-state index in [1.54, 1.807) is 6.20 Å². The van der Waals surface area contributed by atoms with Gasteiger partial charge in [-0.1, -0.05) is 42.0 Å². The minimum atomic E-state index is -0.339. The van der Waals surface area contributed by atoms with E-state index >= 15 is 0 Å². The summed E-state index contributed by atoms with van der Waals surface area (Å²) in [6.45, 7) is 2.07. The van der Waals surface area contributed by atoms with Crippen molar-refractivity contribution in [2.45, 2.75) is 13.1 Å². The Bertz CT molecular complexity index is 1130. The van der Waals surface area contributed by atoms with Crippen molar-refractivity contribution < 1.29 is 0 Å². The van der Waals surface area contributed by atoms with E-state index in [2.05, 4.69) is 56.7 Å². The second kappa shape index (κ2) is 5.45. The third kappa shape index (κ3) is 2.17. The van der Waals surface area contributed by atoms with Gasteiger partial charge >= 0.3 is 0 Å². The van der Waals surface area contributed by atoms with E-state index in [9.17, 15) is 0 Å². The molecule has 0 bridgehead atoms. The van der Waals surface area contributed by atoms with Crippen LogP contribution in [0.2, 0.25) is 0 Å². The highest BCUT2D eigenvalue weighted by atomic mass is 15.4. The molecule has 3 heterocycles. The zero-order valence-electron chi connectivity index (χ0n) is 14.1. The van der Waals surface area contributed by atoms with Gasteiger partial charge in [-0.15, -0.1) is 0 Å². The van der Waals surface area contributed by atoms with E-state index < -0.39 is 0 Å². The Hall–Kier alpha value is -3.61. The molecule has 7 heteroatoms. The van der Waals surface area contributed by atoms with Crippen molar-refractivity contribution in [2.75, 3.05) is 5.32 Å². The summed E-state index contributed by atoms with van der Waals surface area (Å²) in [7, 11) is 0. The average molecular weight is 343 g/mol. The molecule has 0 aliphatic carbocycles. The number of nitrogens with zero attached hydrogens (tertiary/aromatic N) is 4. The van der Waals surface area contributed by atoms with Crippen molar-refractivity contribution in [3.8, 4) is 11.3 Å². The fourth-order valence-electron chi connectivity index (χ4n) is 3.37. The van der Waals surface area contributed by atoms with Gasteiger partial charge in [0.05, 0.1) is 22.9 Å². The molecule has 0 fully saturated rings. The fraction of sp³-hybridized carbons (Fsp3) is 0.105. The number of aromatic nitrogens is 4. The maximum absolute atomic E-state index is 6.03. The number of imidazole rings is 1. The average Bonchev–Trinajstić information content (AvgIpc) is 3.26. The minimum absolute atomic E-state index is 0.339. The Morgan fingerprint density at radius 3 is 2.73 bits per heavy atom. The summed E-state index contributed by atoms with van der Waals surface area (Å²) in [5, 5.41) is 10.4. The van der Waals surface area contributed by atoms with Crippen molar-refractivity contribution in [3.63, 3.8) is 0 Å². The SMILES string of the molecule is Cc1ccc(-c2[nH]ncc2C2N=C(N)Nc3nc4ccccc4n32)cc1. The second-order valence-corrected chi connectivity index (χ2v) is 6.37. The molecule has 128 valence electrons. The number of benzene rings is 2. The molecule has 26 heavy (non-hydrogen) atoms. The number of aliphatic imine (C=N–C) groups is 1. The molecule has 1 atom stereocenters. The van der Waals surface area contributed by atoms with Gasteiger partial charge in [-0.25, -0.2) is 9.98 Å². The number of para-hydroxylation sites is 2. The van der Waals surface area contributed by atoms with Crippen molar-refractivity contribution in [2.24, 2.45) is 10.7 Å². The molecule has 1 aliphatic heterocycles. The lowest BCUT2D eigenvalue weighted by atomic mass is 10.0. The highest BCUT2D eigenvalue weighted by molar-refractivity contribution is 5.94. The molecule has 4 N–H and O–H groups in total. The molecule has 5 rings (SSSR count). The Balaban J connectivity index is 1.71. The van der Waals surface area contributed by atoms with E-state index in [-0.39, 0.29) is 6.17 Å². The van der Waals surface area contributed by atoms with Crippen molar-refractivity contribution >= 4 is 22.9 Å². The lowest BCUT2D eigenvalue weighted by Gasteiger charge is -2.23. The number of anilines is 1. The standard InChI is InChI=1S/C19H17N7/c1-11-6-8-12(9-7-11)16-13(10-21-25-16)17-23-18(20)24-19-22-14-4-2-3-5-15(14)26(17)19/h2-10,17H,1H3,(H,21,25)(H3,20,22,23,24). The third-order valence-electron chi connectivity index (χ3n) is 4.63. The summed E-state index contributed by atoms with van der Waals surface area (Å²) in [4.78, 5) is 9.28. The topological polar surface area (TPSA) is 96.9 Å². The first kappa shape index (κ1) is 14.7. The number of guanidine groups is 1. The van der Waals surface area contributed by atoms with Crippen molar-refractivity contribution in [1.29, 1.82) is 0 Å². The van der Waals surface area contributed by atoms with Crippen LogP contribution in [-0.2, 0) is 0 Å². The van der Waals surface area contributed by atoms with Crippen LogP contribution in [0, 0.1) is 6.92 Å². The van der Waals surface area contributed by atoms with Crippen LogP contribution < -0.4 is 11.1 Å². The zero-order chi connectivity index (χ0) is 17.7. The van der Waals surface area contributed by atoms with E-state index in [0.717, 1.165) is 27.9 Å². The minimum Gasteiger partial charge on any atom is -0.370 e. The van der Waals surface area contributed by atoms with Gasteiger partial charge in [-0.3, -0.25) is 15.0 Å². The predicted octanol–water partition coefficient (Wildman–Crippen LogP) is 3.02. The number of fused-ring (bicyclic) bond motifs is 3. The maximum atomic E-state index is 6.03. The fourth-order valence-corrected chi connectivity index (χ4v) is 3.37. The number of nitrogens with two attached hydrogens (primary N) is 1. The molecular weight excluding hydrogens is 326 g/mol. The van der Waals surface area contributed by atoms with Crippen LogP contribution in [0.5, 0.6) is 0 Å². The maximum Gasteiger partial charge on any atom is 0.212 e. The summed E-state index contributed by atoms with van der Waals surface area (Å²) in [5.74, 6) is 1.02. The second-order valence-electron chi connectivity index (χ2n) is 6.37. The molecule has 1 aliphatic rings. The van der Waals surface area contributed by atoms with Gasteiger partial charge in [0.15, 0.2) is 12.1 Å². The van der Waals surface area contributed by atoms with Crippen LogP contribution in [-0.4, -0.2) is 25.7 Å². The smallest absolute Gasteiger partial charge is 0.212 e. The Kier molecular flexibility index (Phi) is 3.08. The summed E-state index contributed by atoms with van der Waals surface area (Å²) < 4.78 is 2.05.